The fourth-order valence-electron chi connectivity index (χ4n) is 1.71. The fraction of sp³-hybridized carbons (Fsp3) is 0.0833. The molecule has 3 heteroatoms. The molecule has 0 unspecified atom stereocenters. The SMILES string of the molecule is Cc1cnc2c(c1)nnc1ccccc12. The number of aryl methyl sites for hydroxylation is 1. The molecule has 1 aromatic carbocycles. The first-order valence-electron chi connectivity index (χ1n) is 4.82. The molecule has 2 aromatic heterocycles. The van der Waals surface area contributed by atoms with Gasteiger partial charge in [0, 0.05) is 11.6 Å². The predicted octanol–water partition coefficient (Wildman–Crippen LogP) is 2.49. The Morgan fingerprint density at radius 1 is 1.00 bits per heavy atom. The molecule has 3 nitrogen and oxygen atoms in total. The van der Waals surface area contributed by atoms with Gasteiger partial charge in [0.15, 0.2) is 0 Å². The molecule has 15 heavy (non-hydrogen) atoms. The standard InChI is InChI=1S/C12H9N3/c1-8-6-11-12(13-7-8)9-4-2-3-5-10(9)14-15-11/h2-7H,1H3. The summed E-state index contributed by atoms with van der Waals surface area (Å²) in [6.45, 7) is 2.00. The third-order valence-corrected chi connectivity index (χ3v) is 2.43. The van der Waals surface area contributed by atoms with E-state index < -0.39 is 0 Å². The molecule has 72 valence electrons. The molecule has 0 aliphatic carbocycles. The van der Waals surface area contributed by atoms with Crippen LogP contribution in [0.1, 0.15) is 5.56 Å². The van der Waals surface area contributed by atoms with Gasteiger partial charge in [0.2, 0.25) is 0 Å². The molecule has 0 radical (unpaired) electrons. The van der Waals surface area contributed by atoms with Crippen molar-refractivity contribution in [1.82, 2.24) is 15.2 Å². The van der Waals surface area contributed by atoms with Gasteiger partial charge in [-0.3, -0.25) is 4.98 Å². The van der Waals surface area contributed by atoms with Crippen LogP contribution in [-0.2, 0) is 0 Å². The van der Waals surface area contributed by atoms with E-state index in [1.807, 2.05) is 43.5 Å². The van der Waals surface area contributed by atoms with Crippen molar-refractivity contribution in [2.75, 3.05) is 0 Å². The Labute approximate surface area is 86.8 Å². The maximum Gasteiger partial charge on any atom is 0.112 e. The molecule has 0 aliphatic rings. The zero-order valence-corrected chi connectivity index (χ0v) is 8.31. The lowest BCUT2D eigenvalue weighted by atomic mass is 10.2. The molecule has 0 N–H and O–H groups in total. The topological polar surface area (TPSA) is 38.7 Å². The molecule has 0 aliphatic heterocycles. The molecule has 0 fully saturated rings. The van der Waals surface area contributed by atoms with Gasteiger partial charge < -0.3 is 0 Å². The van der Waals surface area contributed by atoms with E-state index in [0.717, 1.165) is 27.5 Å². The van der Waals surface area contributed by atoms with Gasteiger partial charge >= 0.3 is 0 Å². The van der Waals surface area contributed by atoms with E-state index in [1.54, 1.807) is 0 Å². The van der Waals surface area contributed by atoms with E-state index in [0.29, 0.717) is 0 Å². The van der Waals surface area contributed by atoms with Crippen LogP contribution in [0.5, 0.6) is 0 Å². The number of nitrogens with zero attached hydrogens (tertiary/aromatic N) is 3. The Balaban J connectivity index is 2.55. The van der Waals surface area contributed by atoms with Gasteiger partial charge in [-0.05, 0) is 24.6 Å². The second-order valence-corrected chi connectivity index (χ2v) is 3.60. The zero-order chi connectivity index (χ0) is 10.3. The highest BCUT2D eigenvalue weighted by Gasteiger charge is 2.03. The van der Waals surface area contributed by atoms with Gasteiger partial charge in [-0.15, -0.1) is 10.2 Å². The van der Waals surface area contributed by atoms with Crippen molar-refractivity contribution in [3.8, 4) is 0 Å². The lowest BCUT2D eigenvalue weighted by Crippen LogP contribution is -1.90. The Bertz CT molecular complexity index is 646. The summed E-state index contributed by atoms with van der Waals surface area (Å²) in [6, 6.07) is 9.92. The molecule has 0 amide bonds. The van der Waals surface area contributed by atoms with Crippen molar-refractivity contribution in [3.05, 3.63) is 42.1 Å². The quantitative estimate of drug-likeness (QED) is 0.517. The first-order chi connectivity index (χ1) is 7.34. The Morgan fingerprint density at radius 3 is 2.73 bits per heavy atom. The summed E-state index contributed by atoms with van der Waals surface area (Å²) >= 11 is 0. The second kappa shape index (κ2) is 2.98. The Morgan fingerprint density at radius 2 is 1.80 bits per heavy atom. The fourth-order valence-corrected chi connectivity index (χ4v) is 1.71. The summed E-state index contributed by atoms with van der Waals surface area (Å²) in [5.74, 6) is 0. The molecule has 3 rings (SSSR count). The van der Waals surface area contributed by atoms with Crippen LogP contribution in [0.15, 0.2) is 36.5 Å². The molecular formula is C12H9N3. The highest BCUT2D eigenvalue weighted by atomic mass is 15.1. The first-order valence-corrected chi connectivity index (χ1v) is 4.82. The summed E-state index contributed by atoms with van der Waals surface area (Å²) < 4.78 is 0. The lowest BCUT2D eigenvalue weighted by Gasteiger charge is -2.01. The van der Waals surface area contributed by atoms with Crippen LogP contribution in [0.25, 0.3) is 21.9 Å². The van der Waals surface area contributed by atoms with Crippen LogP contribution in [0.4, 0.5) is 0 Å². The number of fused-ring (bicyclic) bond motifs is 3. The van der Waals surface area contributed by atoms with Crippen molar-refractivity contribution >= 4 is 21.9 Å². The number of benzene rings is 1. The maximum absolute atomic E-state index is 4.41. The average molecular weight is 195 g/mol. The number of pyridine rings is 1. The lowest BCUT2D eigenvalue weighted by molar-refractivity contribution is 1.11. The van der Waals surface area contributed by atoms with Gasteiger partial charge in [0.1, 0.15) is 5.52 Å². The third-order valence-electron chi connectivity index (χ3n) is 2.43. The van der Waals surface area contributed by atoms with Crippen molar-refractivity contribution in [2.24, 2.45) is 0 Å². The maximum atomic E-state index is 4.41. The number of aromatic nitrogens is 3. The Kier molecular flexibility index (Phi) is 1.65. The van der Waals surface area contributed by atoms with Crippen molar-refractivity contribution < 1.29 is 0 Å². The summed E-state index contributed by atoms with van der Waals surface area (Å²) in [6.07, 6.45) is 1.86. The van der Waals surface area contributed by atoms with Crippen molar-refractivity contribution in [3.63, 3.8) is 0 Å². The van der Waals surface area contributed by atoms with Crippen molar-refractivity contribution in [2.45, 2.75) is 6.92 Å². The number of hydrogen-bond acceptors (Lipinski definition) is 3. The monoisotopic (exact) mass is 195 g/mol. The normalized spacial score (nSPS) is 11.0. The molecule has 3 aromatic rings. The van der Waals surface area contributed by atoms with Crippen LogP contribution in [0.2, 0.25) is 0 Å². The van der Waals surface area contributed by atoms with E-state index >= 15 is 0 Å². The highest BCUT2D eigenvalue weighted by molar-refractivity contribution is 6.00. The molecule has 0 saturated carbocycles. The van der Waals surface area contributed by atoms with E-state index in [-0.39, 0.29) is 0 Å². The minimum absolute atomic E-state index is 0.855. The summed E-state index contributed by atoms with van der Waals surface area (Å²) in [5.41, 5.74) is 3.77. The van der Waals surface area contributed by atoms with Crippen molar-refractivity contribution in [1.29, 1.82) is 0 Å². The first kappa shape index (κ1) is 8.29. The van der Waals surface area contributed by atoms with Gasteiger partial charge in [0.05, 0.1) is 11.0 Å². The smallest absolute Gasteiger partial charge is 0.112 e. The molecule has 2 heterocycles. The van der Waals surface area contributed by atoms with Crippen LogP contribution in [0.3, 0.4) is 0 Å². The molecule has 0 bridgehead atoms. The molecular weight excluding hydrogens is 186 g/mol. The van der Waals surface area contributed by atoms with E-state index in [1.165, 1.54) is 0 Å². The van der Waals surface area contributed by atoms with Crippen LogP contribution < -0.4 is 0 Å². The van der Waals surface area contributed by atoms with Crippen LogP contribution >= 0.6 is 0 Å². The minimum Gasteiger partial charge on any atom is -0.254 e. The summed E-state index contributed by atoms with van der Waals surface area (Å²) in [5, 5.41) is 9.38. The van der Waals surface area contributed by atoms with E-state index in [9.17, 15) is 0 Å². The van der Waals surface area contributed by atoms with Gasteiger partial charge in [0.25, 0.3) is 0 Å². The summed E-state index contributed by atoms with van der Waals surface area (Å²) in [7, 11) is 0. The largest absolute Gasteiger partial charge is 0.254 e. The number of hydrogen-bond donors (Lipinski definition) is 0. The number of rotatable bonds is 0. The highest BCUT2D eigenvalue weighted by Crippen LogP contribution is 2.19. The van der Waals surface area contributed by atoms with Gasteiger partial charge in [-0.1, -0.05) is 18.2 Å². The Hall–Kier alpha value is -2.03. The second-order valence-electron chi connectivity index (χ2n) is 3.60. The summed E-state index contributed by atoms with van der Waals surface area (Å²) in [4.78, 5) is 4.41. The minimum atomic E-state index is 0.855. The van der Waals surface area contributed by atoms with Gasteiger partial charge in [-0.25, -0.2) is 0 Å². The third kappa shape index (κ3) is 1.24. The zero-order valence-electron chi connectivity index (χ0n) is 8.31. The molecule has 0 atom stereocenters. The van der Waals surface area contributed by atoms with E-state index in [2.05, 4.69) is 15.2 Å². The van der Waals surface area contributed by atoms with Gasteiger partial charge in [-0.2, -0.15) is 0 Å². The molecule has 0 spiro atoms. The average Bonchev–Trinajstić information content (AvgIpc) is 2.28. The molecule has 0 saturated heterocycles. The predicted molar refractivity (Wildman–Crippen MR) is 59.6 cm³/mol. The van der Waals surface area contributed by atoms with E-state index in [4.69, 9.17) is 0 Å². The van der Waals surface area contributed by atoms with Crippen LogP contribution in [-0.4, -0.2) is 15.2 Å². The van der Waals surface area contributed by atoms with Crippen LogP contribution in [0, 0.1) is 6.92 Å².